The Balaban J connectivity index is 1.42. The van der Waals surface area contributed by atoms with Gasteiger partial charge >= 0.3 is 0 Å². The van der Waals surface area contributed by atoms with Gasteiger partial charge in [0.1, 0.15) is 0 Å². The minimum absolute atomic E-state index is 0.609. The summed E-state index contributed by atoms with van der Waals surface area (Å²) in [6.07, 6.45) is 1.77. The zero-order valence-corrected chi connectivity index (χ0v) is 14.6. The Kier molecular flexibility index (Phi) is 3.53. The van der Waals surface area contributed by atoms with Gasteiger partial charge in [-0.3, -0.25) is 4.40 Å². The second-order valence-corrected chi connectivity index (χ2v) is 7.39. The number of fused-ring (bicyclic) bond motifs is 3. The molecule has 0 aliphatic heterocycles. The summed E-state index contributed by atoms with van der Waals surface area (Å²) in [7, 11) is 0. The number of thioether (sulfide) groups is 1. The van der Waals surface area contributed by atoms with Gasteiger partial charge in [-0.1, -0.05) is 65.6 Å². The van der Waals surface area contributed by atoms with Crippen molar-refractivity contribution in [1.82, 2.24) is 19.6 Å². The molecular formula is C18H12N4OS2. The van der Waals surface area contributed by atoms with E-state index in [0.29, 0.717) is 11.6 Å². The SMILES string of the molecule is c1ccc(-c2cnc(CSc3nnc4sc5ccccc5n34)o2)cc1. The van der Waals surface area contributed by atoms with Gasteiger partial charge in [-0.15, -0.1) is 10.2 Å². The molecule has 0 N–H and O–H groups in total. The number of para-hydroxylation sites is 1. The van der Waals surface area contributed by atoms with Gasteiger partial charge in [-0.2, -0.15) is 0 Å². The van der Waals surface area contributed by atoms with E-state index in [1.165, 1.54) is 4.70 Å². The van der Waals surface area contributed by atoms with Crippen LogP contribution in [0.3, 0.4) is 0 Å². The van der Waals surface area contributed by atoms with Crippen LogP contribution in [0.15, 0.2) is 70.4 Å². The summed E-state index contributed by atoms with van der Waals surface area (Å²) >= 11 is 3.22. The van der Waals surface area contributed by atoms with Crippen LogP contribution in [-0.4, -0.2) is 19.6 Å². The molecule has 0 aliphatic rings. The third-order valence-electron chi connectivity index (χ3n) is 3.85. The summed E-state index contributed by atoms with van der Waals surface area (Å²) in [6, 6.07) is 18.2. The summed E-state index contributed by atoms with van der Waals surface area (Å²) in [4.78, 5) is 5.28. The molecule has 0 atom stereocenters. The molecule has 122 valence electrons. The molecule has 5 aromatic rings. The first kappa shape index (κ1) is 14.7. The average molecular weight is 364 g/mol. The summed E-state index contributed by atoms with van der Waals surface area (Å²) in [6.45, 7) is 0. The first-order valence-corrected chi connectivity index (χ1v) is 9.54. The van der Waals surface area contributed by atoms with E-state index in [1.807, 2.05) is 42.5 Å². The third kappa shape index (κ3) is 2.61. The highest BCUT2D eigenvalue weighted by Gasteiger charge is 2.14. The lowest BCUT2D eigenvalue weighted by Crippen LogP contribution is -1.87. The number of oxazole rings is 1. The van der Waals surface area contributed by atoms with E-state index in [4.69, 9.17) is 4.42 Å². The van der Waals surface area contributed by atoms with Gasteiger partial charge in [0.2, 0.25) is 10.9 Å². The highest BCUT2D eigenvalue weighted by atomic mass is 32.2. The van der Waals surface area contributed by atoms with E-state index >= 15 is 0 Å². The van der Waals surface area contributed by atoms with E-state index in [1.54, 1.807) is 29.3 Å². The van der Waals surface area contributed by atoms with Crippen LogP contribution in [-0.2, 0) is 5.75 Å². The van der Waals surface area contributed by atoms with Crippen molar-refractivity contribution in [2.75, 3.05) is 0 Å². The molecule has 0 radical (unpaired) electrons. The topological polar surface area (TPSA) is 56.2 Å². The quantitative estimate of drug-likeness (QED) is 0.425. The molecule has 7 heteroatoms. The highest BCUT2D eigenvalue weighted by molar-refractivity contribution is 7.98. The second-order valence-electron chi connectivity index (χ2n) is 5.44. The van der Waals surface area contributed by atoms with E-state index in [9.17, 15) is 0 Å². The van der Waals surface area contributed by atoms with E-state index in [-0.39, 0.29) is 0 Å². The molecule has 0 fully saturated rings. The normalized spacial score (nSPS) is 11.5. The predicted molar refractivity (Wildman–Crippen MR) is 99.9 cm³/mol. The molecule has 0 saturated carbocycles. The van der Waals surface area contributed by atoms with Gasteiger partial charge < -0.3 is 4.42 Å². The minimum atomic E-state index is 0.609. The van der Waals surface area contributed by atoms with Crippen molar-refractivity contribution >= 4 is 38.3 Å². The van der Waals surface area contributed by atoms with Gasteiger partial charge in [-0.25, -0.2) is 4.98 Å². The first-order valence-electron chi connectivity index (χ1n) is 7.74. The van der Waals surface area contributed by atoms with Crippen LogP contribution in [0.1, 0.15) is 5.89 Å². The van der Waals surface area contributed by atoms with Crippen molar-refractivity contribution in [3.05, 3.63) is 66.7 Å². The molecule has 3 aromatic heterocycles. The molecule has 3 heterocycles. The maximum atomic E-state index is 5.86. The van der Waals surface area contributed by atoms with Crippen molar-refractivity contribution in [1.29, 1.82) is 0 Å². The van der Waals surface area contributed by atoms with Crippen LogP contribution >= 0.6 is 23.1 Å². The number of aromatic nitrogens is 4. The van der Waals surface area contributed by atoms with Crippen LogP contribution < -0.4 is 0 Å². The number of nitrogens with zero attached hydrogens (tertiary/aromatic N) is 4. The smallest absolute Gasteiger partial charge is 0.217 e. The number of benzene rings is 2. The number of hydrogen-bond donors (Lipinski definition) is 0. The van der Waals surface area contributed by atoms with Crippen molar-refractivity contribution in [3.63, 3.8) is 0 Å². The van der Waals surface area contributed by atoms with Crippen molar-refractivity contribution < 1.29 is 4.42 Å². The van der Waals surface area contributed by atoms with Crippen LogP contribution in [0, 0.1) is 0 Å². The average Bonchev–Trinajstić information content (AvgIpc) is 3.36. The van der Waals surface area contributed by atoms with Crippen LogP contribution in [0.4, 0.5) is 0 Å². The molecule has 0 bridgehead atoms. The van der Waals surface area contributed by atoms with E-state index in [0.717, 1.165) is 27.0 Å². The third-order valence-corrected chi connectivity index (χ3v) is 5.77. The lowest BCUT2D eigenvalue weighted by molar-refractivity contribution is 0.530. The fraction of sp³-hybridized carbons (Fsp3) is 0.0556. The Labute approximate surface area is 151 Å². The fourth-order valence-corrected chi connectivity index (χ4v) is 4.51. The standard InChI is InChI=1S/C18H12N4OS2/c1-2-6-12(7-3-1)14-10-19-16(23-14)11-24-17-20-21-18-22(17)13-8-4-5-9-15(13)25-18/h1-10H,11H2. The Morgan fingerprint density at radius 1 is 1.00 bits per heavy atom. The second kappa shape index (κ2) is 6.02. The lowest BCUT2D eigenvalue weighted by atomic mass is 10.2. The van der Waals surface area contributed by atoms with E-state index in [2.05, 4.69) is 31.7 Å². The van der Waals surface area contributed by atoms with Crippen LogP contribution in [0.2, 0.25) is 0 Å². The largest absolute Gasteiger partial charge is 0.440 e. The summed E-state index contributed by atoms with van der Waals surface area (Å²) < 4.78 is 9.16. The molecule has 0 spiro atoms. The summed E-state index contributed by atoms with van der Waals surface area (Å²) in [5.74, 6) is 2.07. The van der Waals surface area contributed by atoms with Gasteiger partial charge in [0.25, 0.3) is 0 Å². The molecule has 0 saturated heterocycles. The molecular weight excluding hydrogens is 352 g/mol. The van der Waals surface area contributed by atoms with Crippen LogP contribution in [0.5, 0.6) is 0 Å². The van der Waals surface area contributed by atoms with Crippen molar-refractivity contribution in [2.24, 2.45) is 0 Å². The molecule has 0 unspecified atom stereocenters. The van der Waals surface area contributed by atoms with Crippen molar-refractivity contribution in [2.45, 2.75) is 10.9 Å². The Hall–Kier alpha value is -2.64. The molecule has 5 rings (SSSR count). The number of rotatable bonds is 4. The van der Waals surface area contributed by atoms with Gasteiger partial charge in [0, 0.05) is 5.56 Å². The zero-order chi connectivity index (χ0) is 16.6. The molecule has 2 aromatic carbocycles. The monoisotopic (exact) mass is 364 g/mol. The van der Waals surface area contributed by atoms with Crippen LogP contribution in [0.25, 0.3) is 26.5 Å². The lowest BCUT2D eigenvalue weighted by Gasteiger charge is -1.97. The van der Waals surface area contributed by atoms with Gasteiger partial charge in [0.05, 0.1) is 22.2 Å². The van der Waals surface area contributed by atoms with Crippen molar-refractivity contribution in [3.8, 4) is 11.3 Å². The maximum absolute atomic E-state index is 5.86. The Bertz CT molecular complexity index is 1160. The first-order chi connectivity index (χ1) is 12.4. The molecule has 25 heavy (non-hydrogen) atoms. The number of thiazole rings is 1. The molecule has 0 amide bonds. The van der Waals surface area contributed by atoms with Gasteiger partial charge in [0.15, 0.2) is 10.9 Å². The Morgan fingerprint density at radius 2 is 1.84 bits per heavy atom. The fourth-order valence-electron chi connectivity index (χ4n) is 2.69. The Morgan fingerprint density at radius 3 is 2.76 bits per heavy atom. The predicted octanol–water partition coefficient (Wildman–Crippen LogP) is 4.89. The minimum Gasteiger partial charge on any atom is -0.440 e. The molecule has 0 aliphatic carbocycles. The summed E-state index contributed by atoms with van der Waals surface area (Å²) in [5.41, 5.74) is 2.16. The molecule has 5 nitrogen and oxygen atoms in total. The zero-order valence-electron chi connectivity index (χ0n) is 13.0. The van der Waals surface area contributed by atoms with E-state index < -0.39 is 0 Å². The number of hydrogen-bond acceptors (Lipinski definition) is 6. The highest BCUT2D eigenvalue weighted by Crippen LogP contribution is 2.31. The van der Waals surface area contributed by atoms with Gasteiger partial charge in [-0.05, 0) is 12.1 Å². The maximum Gasteiger partial charge on any atom is 0.217 e. The summed E-state index contributed by atoms with van der Waals surface area (Å²) in [5, 5.41) is 9.44.